The molecule has 2 aromatic carbocycles. The van der Waals surface area contributed by atoms with Gasteiger partial charge >= 0.3 is 0 Å². The van der Waals surface area contributed by atoms with Gasteiger partial charge in [0.2, 0.25) is 0 Å². The summed E-state index contributed by atoms with van der Waals surface area (Å²) in [4.78, 5) is 20.1. The van der Waals surface area contributed by atoms with Gasteiger partial charge in [0.25, 0.3) is 5.71 Å². The lowest BCUT2D eigenvalue weighted by Crippen LogP contribution is -1.98. The molecule has 4 aromatic rings. The summed E-state index contributed by atoms with van der Waals surface area (Å²) in [5, 5.41) is 8.04. The molecule has 134 valence electrons. The van der Waals surface area contributed by atoms with Crippen LogP contribution in [0.3, 0.4) is 0 Å². The van der Waals surface area contributed by atoms with Gasteiger partial charge in [-0.2, -0.15) is 4.98 Å². The van der Waals surface area contributed by atoms with Gasteiger partial charge in [0.05, 0.1) is 7.11 Å². The summed E-state index contributed by atoms with van der Waals surface area (Å²) >= 11 is 0. The number of rotatable bonds is 5. The second kappa shape index (κ2) is 6.87. The van der Waals surface area contributed by atoms with Crippen molar-refractivity contribution in [3.8, 4) is 17.0 Å². The number of carbonyl (C=O) groups is 1. The molecule has 4 rings (SSSR count). The molecule has 2 heterocycles. The molecule has 7 heteroatoms. The number of para-hydroxylation sites is 1. The van der Waals surface area contributed by atoms with Crippen LogP contribution < -0.4 is 10.1 Å². The molecule has 0 aliphatic rings. The van der Waals surface area contributed by atoms with E-state index in [2.05, 4.69) is 20.4 Å². The summed E-state index contributed by atoms with van der Waals surface area (Å²) in [5.41, 5.74) is 3.05. The van der Waals surface area contributed by atoms with Gasteiger partial charge in [0, 0.05) is 16.8 Å². The number of nitrogens with zero attached hydrogens (tertiary/aromatic N) is 3. The van der Waals surface area contributed by atoms with E-state index in [4.69, 9.17) is 9.26 Å². The second-order valence-electron chi connectivity index (χ2n) is 5.90. The van der Waals surface area contributed by atoms with Gasteiger partial charge in [-0.1, -0.05) is 29.4 Å². The Balaban J connectivity index is 1.84. The molecule has 0 aliphatic carbocycles. The first-order chi connectivity index (χ1) is 13.2. The fraction of sp³-hybridized carbons (Fsp3) is 0.100. The molecule has 1 N–H and O–H groups in total. The van der Waals surface area contributed by atoms with Gasteiger partial charge in [-0.3, -0.25) is 4.79 Å². The van der Waals surface area contributed by atoms with E-state index in [0.29, 0.717) is 33.9 Å². The molecule has 2 aromatic heterocycles. The van der Waals surface area contributed by atoms with E-state index in [1.165, 1.54) is 13.3 Å². The quantitative estimate of drug-likeness (QED) is 0.532. The average molecular weight is 360 g/mol. The van der Waals surface area contributed by atoms with E-state index in [1.54, 1.807) is 19.2 Å². The maximum absolute atomic E-state index is 11.6. The van der Waals surface area contributed by atoms with Gasteiger partial charge in [0.15, 0.2) is 5.78 Å². The summed E-state index contributed by atoms with van der Waals surface area (Å²) in [6.45, 7) is 1.53. The van der Waals surface area contributed by atoms with Crippen LogP contribution in [0, 0.1) is 0 Å². The van der Waals surface area contributed by atoms with Gasteiger partial charge in [-0.25, -0.2) is 4.98 Å². The summed E-state index contributed by atoms with van der Waals surface area (Å²) in [5.74, 6) is 1.19. The number of carbonyl (C=O) groups excluding carboxylic acids is 1. The van der Waals surface area contributed by atoms with Crippen molar-refractivity contribution in [2.45, 2.75) is 6.92 Å². The summed E-state index contributed by atoms with van der Waals surface area (Å²) in [7, 11) is 1.60. The van der Waals surface area contributed by atoms with Crippen LogP contribution in [-0.2, 0) is 0 Å². The highest BCUT2D eigenvalue weighted by molar-refractivity contribution is 6.00. The number of Topliss-reactive ketones (excluding diaryl/α,β-unsaturated/α-hetero) is 1. The molecule has 0 atom stereocenters. The maximum Gasteiger partial charge on any atom is 0.263 e. The van der Waals surface area contributed by atoms with Gasteiger partial charge < -0.3 is 14.6 Å². The summed E-state index contributed by atoms with van der Waals surface area (Å²) < 4.78 is 10.8. The van der Waals surface area contributed by atoms with E-state index in [1.807, 2.05) is 36.4 Å². The monoisotopic (exact) mass is 360 g/mol. The standard InChI is InChI=1S/C20H16N4O3/c1-12(25)13-6-5-7-14(10-13)23-19-17-18(24-27-20(17)22-11-21-19)15-8-3-4-9-16(15)26-2/h3-11H,1-2H3,(H,21,22,23). The first-order valence-electron chi connectivity index (χ1n) is 8.29. The number of hydrogen-bond acceptors (Lipinski definition) is 7. The van der Waals surface area contributed by atoms with Crippen molar-refractivity contribution in [2.24, 2.45) is 0 Å². The topological polar surface area (TPSA) is 90.1 Å². The van der Waals surface area contributed by atoms with Gasteiger partial charge in [-0.05, 0) is 31.2 Å². The van der Waals surface area contributed by atoms with Crippen LogP contribution in [0.5, 0.6) is 5.75 Å². The van der Waals surface area contributed by atoms with E-state index >= 15 is 0 Å². The summed E-state index contributed by atoms with van der Waals surface area (Å²) in [6.07, 6.45) is 1.40. The first-order valence-corrected chi connectivity index (χ1v) is 8.29. The second-order valence-corrected chi connectivity index (χ2v) is 5.90. The van der Waals surface area contributed by atoms with Crippen molar-refractivity contribution >= 4 is 28.4 Å². The largest absolute Gasteiger partial charge is 0.496 e. The Morgan fingerprint density at radius 2 is 1.96 bits per heavy atom. The highest BCUT2D eigenvalue weighted by atomic mass is 16.5. The van der Waals surface area contributed by atoms with Crippen molar-refractivity contribution in [2.75, 3.05) is 12.4 Å². The highest BCUT2D eigenvalue weighted by Crippen LogP contribution is 2.37. The predicted octanol–water partition coefficient (Wildman–Crippen LogP) is 4.24. The maximum atomic E-state index is 11.6. The van der Waals surface area contributed by atoms with E-state index < -0.39 is 0 Å². The van der Waals surface area contributed by atoms with Crippen LogP contribution in [0.4, 0.5) is 11.5 Å². The van der Waals surface area contributed by atoms with E-state index in [9.17, 15) is 4.79 Å². The number of ether oxygens (including phenoxy) is 1. The molecule has 0 bridgehead atoms. The fourth-order valence-electron chi connectivity index (χ4n) is 2.86. The van der Waals surface area contributed by atoms with Gasteiger partial charge in [-0.15, -0.1) is 0 Å². The fourth-order valence-corrected chi connectivity index (χ4v) is 2.86. The molecule has 0 amide bonds. The van der Waals surface area contributed by atoms with E-state index in [-0.39, 0.29) is 5.78 Å². The minimum absolute atomic E-state index is 0.00817. The Kier molecular flexibility index (Phi) is 4.25. The van der Waals surface area contributed by atoms with Crippen LogP contribution in [0.2, 0.25) is 0 Å². The smallest absolute Gasteiger partial charge is 0.263 e. The average Bonchev–Trinajstić information content (AvgIpc) is 3.13. The lowest BCUT2D eigenvalue weighted by atomic mass is 10.1. The molecule has 7 nitrogen and oxygen atoms in total. The number of benzene rings is 2. The number of aromatic nitrogens is 3. The molecule has 0 spiro atoms. The number of methoxy groups -OCH3 is 1. The first kappa shape index (κ1) is 16.7. The molecule has 0 saturated carbocycles. The van der Waals surface area contributed by atoms with Crippen LogP contribution in [0.15, 0.2) is 59.4 Å². The molecular weight excluding hydrogens is 344 g/mol. The lowest BCUT2D eigenvalue weighted by molar-refractivity contribution is 0.101. The normalized spacial score (nSPS) is 10.7. The highest BCUT2D eigenvalue weighted by Gasteiger charge is 2.19. The molecule has 0 saturated heterocycles. The molecule has 0 fully saturated rings. The zero-order chi connectivity index (χ0) is 18.8. The molecule has 0 radical (unpaired) electrons. The number of hydrogen-bond donors (Lipinski definition) is 1. The van der Waals surface area contributed by atoms with Crippen LogP contribution >= 0.6 is 0 Å². The van der Waals surface area contributed by atoms with Crippen molar-refractivity contribution in [1.29, 1.82) is 0 Å². The number of ketones is 1. The molecule has 0 aliphatic heterocycles. The third-order valence-electron chi connectivity index (χ3n) is 4.17. The third kappa shape index (κ3) is 3.10. The van der Waals surface area contributed by atoms with Crippen molar-refractivity contribution in [1.82, 2.24) is 15.1 Å². The SMILES string of the molecule is COc1ccccc1-c1noc2ncnc(Nc3cccc(C(C)=O)c3)c12. The van der Waals surface area contributed by atoms with E-state index in [0.717, 1.165) is 11.3 Å². The van der Waals surface area contributed by atoms with Crippen molar-refractivity contribution < 1.29 is 14.1 Å². The number of anilines is 2. The Morgan fingerprint density at radius 1 is 1.11 bits per heavy atom. The van der Waals surface area contributed by atoms with Crippen molar-refractivity contribution in [3.05, 3.63) is 60.4 Å². The molecule has 0 unspecified atom stereocenters. The minimum Gasteiger partial charge on any atom is -0.496 e. The molecule has 27 heavy (non-hydrogen) atoms. The zero-order valence-electron chi connectivity index (χ0n) is 14.8. The zero-order valence-corrected chi connectivity index (χ0v) is 14.8. The lowest BCUT2D eigenvalue weighted by Gasteiger charge is -2.09. The summed E-state index contributed by atoms with van der Waals surface area (Å²) in [6, 6.07) is 14.7. The Bertz CT molecular complexity index is 1140. The Morgan fingerprint density at radius 3 is 2.78 bits per heavy atom. The van der Waals surface area contributed by atoms with Crippen LogP contribution in [0.25, 0.3) is 22.4 Å². The Hall–Kier alpha value is -3.74. The minimum atomic E-state index is -0.00817. The molecular formula is C20H16N4O3. The number of fused-ring (bicyclic) bond motifs is 1. The third-order valence-corrected chi connectivity index (χ3v) is 4.17. The van der Waals surface area contributed by atoms with Crippen LogP contribution in [-0.4, -0.2) is 28.0 Å². The van der Waals surface area contributed by atoms with Crippen molar-refractivity contribution in [3.63, 3.8) is 0 Å². The number of nitrogens with one attached hydrogen (secondary N) is 1. The van der Waals surface area contributed by atoms with Gasteiger partial charge in [0.1, 0.15) is 29.0 Å². The Labute approximate surface area is 155 Å². The predicted molar refractivity (Wildman–Crippen MR) is 101 cm³/mol. The van der Waals surface area contributed by atoms with Crippen LogP contribution in [0.1, 0.15) is 17.3 Å².